The topological polar surface area (TPSA) is 76.1 Å². The SMILES string of the molecule is CC(C)CCC(COC(=O)CCCCCCCN(CCO)CCCCCC(=O)OCC(CCC(C)C)C(C)C)C(C)C. The number of aliphatic hydroxyl groups is 1. The first-order valence-corrected chi connectivity index (χ1v) is 17.6. The van der Waals surface area contributed by atoms with Gasteiger partial charge >= 0.3 is 11.9 Å². The highest BCUT2D eigenvalue weighted by Gasteiger charge is 2.17. The van der Waals surface area contributed by atoms with Gasteiger partial charge in [-0.3, -0.25) is 9.59 Å². The fourth-order valence-corrected chi connectivity index (χ4v) is 5.25. The molecule has 2 unspecified atom stereocenters. The quantitative estimate of drug-likeness (QED) is 0.0718. The van der Waals surface area contributed by atoms with Gasteiger partial charge in [0, 0.05) is 19.4 Å². The maximum absolute atomic E-state index is 12.2. The van der Waals surface area contributed by atoms with Gasteiger partial charge in [0.15, 0.2) is 0 Å². The van der Waals surface area contributed by atoms with Gasteiger partial charge in [0.25, 0.3) is 0 Å². The Bertz CT molecular complexity index is 649. The number of carbonyl (C=O) groups excluding carboxylic acids is 2. The molecule has 250 valence electrons. The van der Waals surface area contributed by atoms with Crippen LogP contribution in [0.4, 0.5) is 0 Å². The van der Waals surface area contributed by atoms with Crippen LogP contribution in [-0.2, 0) is 19.1 Å². The average molecular weight is 598 g/mol. The van der Waals surface area contributed by atoms with Gasteiger partial charge in [-0.1, -0.05) is 93.9 Å². The lowest BCUT2D eigenvalue weighted by molar-refractivity contribution is -0.146. The maximum Gasteiger partial charge on any atom is 0.305 e. The van der Waals surface area contributed by atoms with Gasteiger partial charge in [-0.05, 0) is 87.1 Å². The Kier molecular flexibility index (Phi) is 25.6. The summed E-state index contributed by atoms with van der Waals surface area (Å²) in [4.78, 5) is 26.8. The van der Waals surface area contributed by atoms with Gasteiger partial charge in [-0.15, -0.1) is 0 Å². The van der Waals surface area contributed by atoms with Crippen molar-refractivity contribution in [3.63, 3.8) is 0 Å². The lowest BCUT2D eigenvalue weighted by Gasteiger charge is -2.22. The number of nitrogens with zero attached hydrogens (tertiary/aromatic N) is 1. The van der Waals surface area contributed by atoms with E-state index in [-0.39, 0.29) is 18.5 Å². The zero-order valence-corrected chi connectivity index (χ0v) is 29.1. The standard InChI is InChI=1S/C36H71NO5/c1-29(2)19-21-33(31(5)6)27-41-35(39)17-13-10-9-11-15-23-37(25-26-38)24-16-12-14-18-36(40)42-28-34(32(7)8)22-20-30(3)4/h29-34,38H,9-28H2,1-8H3. The lowest BCUT2D eigenvalue weighted by Crippen LogP contribution is -2.29. The largest absolute Gasteiger partial charge is 0.465 e. The predicted molar refractivity (Wildman–Crippen MR) is 176 cm³/mol. The number of unbranched alkanes of at least 4 members (excludes halogenated alkanes) is 6. The summed E-state index contributed by atoms with van der Waals surface area (Å²) in [7, 11) is 0. The van der Waals surface area contributed by atoms with Crippen LogP contribution < -0.4 is 0 Å². The molecule has 42 heavy (non-hydrogen) atoms. The molecule has 0 aliphatic rings. The molecule has 0 saturated carbocycles. The molecule has 0 heterocycles. The fourth-order valence-electron chi connectivity index (χ4n) is 5.25. The Balaban J connectivity index is 3.96. The molecule has 6 heteroatoms. The molecule has 0 bridgehead atoms. The van der Waals surface area contributed by atoms with E-state index in [0.717, 1.165) is 77.3 Å². The van der Waals surface area contributed by atoms with Crippen LogP contribution in [0.25, 0.3) is 0 Å². The number of ether oxygens (including phenoxy) is 2. The van der Waals surface area contributed by atoms with Gasteiger partial charge in [0.2, 0.25) is 0 Å². The second-order valence-corrected chi connectivity index (χ2v) is 14.2. The monoisotopic (exact) mass is 598 g/mol. The van der Waals surface area contributed by atoms with E-state index in [1.165, 1.54) is 12.8 Å². The number of hydrogen-bond donors (Lipinski definition) is 1. The molecular weight excluding hydrogens is 526 g/mol. The van der Waals surface area contributed by atoms with E-state index in [4.69, 9.17) is 9.47 Å². The van der Waals surface area contributed by atoms with Crippen molar-refractivity contribution in [2.45, 2.75) is 145 Å². The zero-order chi connectivity index (χ0) is 31.8. The summed E-state index contributed by atoms with van der Waals surface area (Å²) < 4.78 is 11.2. The number of rotatable bonds is 28. The minimum atomic E-state index is -0.0629. The highest BCUT2D eigenvalue weighted by Crippen LogP contribution is 2.22. The molecule has 0 saturated heterocycles. The van der Waals surface area contributed by atoms with Crippen molar-refractivity contribution in [1.29, 1.82) is 0 Å². The normalized spacial score (nSPS) is 13.5. The van der Waals surface area contributed by atoms with Crippen LogP contribution in [0.1, 0.15) is 145 Å². The van der Waals surface area contributed by atoms with Gasteiger partial charge in [0.05, 0.1) is 19.8 Å². The summed E-state index contributed by atoms with van der Waals surface area (Å²) in [6.07, 6.45) is 13.9. The summed E-state index contributed by atoms with van der Waals surface area (Å²) >= 11 is 0. The molecule has 0 radical (unpaired) electrons. The Morgan fingerprint density at radius 1 is 0.548 bits per heavy atom. The number of aliphatic hydroxyl groups excluding tert-OH is 1. The highest BCUT2D eigenvalue weighted by atomic mass is 16.5. The number of carbonyl (C=O) groups is 2. The van der Waals surface area contributed by atoms with Gasteiger partial charge in [-0.2, -0.15) is 0 Å². The van der Waals surface area contributed by atoms with E-state index in [1.807, 2.05) is 0 Å². The summed E-state index contributed by atoms with van der Waals surface area (Å²) in [6, 6.07) is 0. The second-order valence-electron chi connectivity index (χ2n) is 14.2. The third-order valence-electron chi connectivity index (χ3n) is 8.66. The van der Waals surface area contributed by atoms with E-state index in [2.05, 4.69) is 60.3 Å². The van der Waals surface area contributed by atoms with E-state index in [1.54, 1.807) is 0 Å². The molecule has 0 aliphatic carbocycles. The zero-order valence-electron chi connectivity index (χ0n) is 29.1. The van der Waals surface area contributed by atoms with E-state index < -0.39 is 0 Å². The highest BCUT2D eigenvalue weighted by molar-refractivity contribution is 5.69. The third-order valence-corrected chi connectivity index (χ3v) is 8.66. The third kappa shape index (κ3) is 24.3. The molecule has 2 atom stereocenters. The van der Waals surface area contributed by atoms with Crippen LogP contribution in [0.2, 0.25) is 0 Å². The molecule has 0 aliphatic heterocycles. The van der Waals surface area contributed by atoms with Gasteiger partial charge < -0.3 is 19.5 Å². The molecule has 0 amide bonds. The van der Waals surface area contributed by atoms with E-state index in [0.29, 0.717) is 68.1 Å². The minimum Gasteiger partial charge on any atom is -0.465 e. The van der Waals surface area contributed by atoms with Crippen LogP contribution in [0.5, 0.6) is 0 Å². The van der Waals surface area contributed by atoms with Crippen molar-refractivity contribution >= 4 is 11.9 Å². The van der Waals surface area contributed by atoms with Crippen LogP contribution in [-0.4, -0.2) is 61.4 Å². The fraction of sp³-hybridized carbons (Fsp3) is 0.944. The molecule has 0 rings (SSSR count). The molecule has 6 nitrogen and oxygen atoms in total. The summed E-state index contributed by atoms with van der Waals surface area (Å²) in [5.41, 5.74) is 0. The number of hydrogen-bond acceptors (Lipinski definition) is 6. The summed E-state index contributed by atoms with van der Waals surface area (Å²) in [6.45, 7) is 21.8. The first kappa shape index (κ1) is 40.9. The Morgan fingerprint density at radius 3 is 1.31 bits per heavy atom. The smallest absolute Gasteiger partial charge is 0.305 e. The minimum absolute atomic E-state index is 0.0472. The van der Waals surface area contributed by atoms with Crippen LogP contribution >= 0.6 is 0 Å². The Morgan fingerprint density at radius 2 is 0.929 bits per heavy atom. The van der Waals surface area contributed by atoms with Crippen LogP contribution in [0.3, 0.4) is 0 Å². The Labute approximate surface area is 261 Å². The predicted octanol–water partition coefficient (Wildman–Crippen LogP) is 8.68. The lowest BCUT2D eigenvalue weighted by atomic mass is 9.89. The van der Waals surface area contributed by atoms with Crippen LogP contribution in [0, 0.1) is 35.5 Å². The molecule has 0 aromatic carbocycles. The first-order valence-electron chi connectivity index (χ1n) is 17.6. The van der Waals surface area contributed by atoms with Crippen molar-refractivity contribution in [2.75, 3.05) is 39.5 Å². The summed E-state index contributed by atoms with van der Waals surface area (Å²) in [5.74, 6) is 3.24. The summed E-state index contributed by atoms with van der Waals surface area (Å²) in [5, 5.41) is 9.46. The van der Waals surface area contributed by atoms with Crippen molar-refractivity contribution in [1.82, 2.24) is 4.90 Å². The van der Waals surface area contributed by atoms with Crippen molar-refractivity contribution < 1.29 is 24.2 Å². The molecular formula is C36H71NO5. The molecule has 0 spiro atoms. The average Bonchev–Trinajstić information content (AvgIpc) is 2.91. The number of esters is 2. The van der Waals surface area contributed by atoms with E-state index >= 15 is 0 Å². The molecule has 1 N–H and O–H groups in total. The molecule has 0 aromatic heterocycles. The second kappa shape index (κ2) is 26.3. The molecule has 0 aromatic rings. The van der Waals surface area contributed by atoms with Crippen molar-refractivity contribution in [3.05, 3.63) is 0 Å². The first-order chi connectivity index (χ1) is 20.0. The van der Waals surface area contributed by atoms with Gasteiger partial charge in [0.1, 0.15) is 0 Å². The molecule has 0 fully saturated rings. The van der Waals surface area contributed by atoms with Gasteiger partial charge in [-0.25, -0.2) is 0 Å². The van der Waals surface area contributed by atoms with E-state index in [9.17, 15) is 14.7 Å². The van der Waals surface area contributed by atoms with Crippen molar-refractivity contribution in [3.8, 4) is 0 Å². The maximum atomic E-state index is 12.2. The van der Waals surface area contributed by atoms with Crippen LogP contribution in [0.15, 0.2) is 0 Å². The van der Waals surface area contributed by atoms with Crippen molar-refractivity contribution in [2.24, 2.45) is 35.5 Å². The Hall–Kier alpha value is -1.14.